The van der Waals surface area contributed by atoms with Crippen molar-refractivity contribution < 1.29 is 4.79 Å². The van der Waals surface area contributed by atoms with Crippen molar-refractivity contribution in [3.63, 3.8) is 0 Å². The van der Waals surface area contributed by atoms with Gasteiger partial charge in [-0.15, -0.1) is 11.3 Å². The van der Waals surface area contributed by atoms with Crippen LogP contribution in [0.1, 0.15) is 50.7 Å². The number of unbranched alkanes of at least 4 members (excludes halogenated alkanes) is 1. The second kappa shape index (κ2) is 11.1. The number of anilines is 2. The maximum absolute atomic E-state index is 13.1. The van der Waals surface area contributed by atoms with Crippen molar-refractivity contribution in [1.82, 2.24) is 19.4 Å². The molecule has 0 aromatic carbocycles. The Hall–Kier alpha value is -2.46. The first-order valence-corrected chi connectivity index (χ1v) is 11.2. The van der Waals surface area contributed by atoms with Gasteiger partial charge in [-0.1, -0.05) is 27.2 Å². The van der Waals surface area contributed by atoms with Crippen molar-refractivity contribution in [1.29, 1.82) is 0 Å². The number of carbonyl (C=O) groups excluding carboxylic acids is 1. The molecule has 3 N–H and O–H groups in total. The molecule has 166 valence electrons. The number of aryl methyl sites for hydroxylation is 1. The first-order valence-electron chi connectivity index (χ1n) is 10.4. The molecule has 0 saturated heterocycles. The molecule has 9 nitrogen and oxygen atoms in total. The third-order valence-corrected chi connectivity index (χ3v) is 5.75. The number of H-pyrrole nitrogens is 1. The van der Waals surface area contributed by atoms with Crippen molar-refractivity contribution in [3.8, 4) is 0 Å². The summed E-state index contributed by atoms with van der Waals surface area (Å²) in [6.45, 7) is 7.34. The van der Waals surface area contributed by atoms with Crippen LogP contribution in [0.5, 0.6) is 0 Å². The zero-order chi connectivity index (χ0) is 22.3. The van der Waals surface area contributed by atoms with Gasteiger partial charge in [0.05, 0.1) is 17.2 Å². The van der Waals surface area contributed by atoms with Crippen molar-refractivity contribution in [2.45, 2.75) is 59.5 Å². The zero-order valence-electron chi connectivity index (χ0n) is 18.2. The summed E-state index contributed by atoms with van der Waals surface area (Å²) in [6, 6.07) is 0. The molecule has 0 saturated carbocycles. The average Bonchev–Trinajstić information content (AvgIpc) is 3.14. The fourth-order valence-electron chi connectivity index (χ4n) is 3.19. The Bertz CT molecular complexity index is 964. The van der Waals surface area contributed by atoms with Crippen LogP contribution in [0, 0.1) is 0 Å². The SMILES string of the molecule is CCCCN(C(=O)CN(C)Cc1csc(CC)n1)c1c(N)n(CCC)c(=O)[nH]c1=O. The Kier molecular flexibility index (Phi) is 8.79. The van der Waals surface area contributed by atoms with E-state index in [1.54, 1.807) is 11.3 Å². The van der Waals surface area contributed by atoms with Crippen molar-refractivity contribution in [2.24, 2.45) is 0 Å². The van der Waals surface area contributed by atoms with Crippen molar-refractivity contribution >= 4 is 28.7 Å². The lowest BCUT2D eigenvalue weighted by molar-refractivity contribution is -0.119. The topological polar surface area (TPSA) is 117 Å². The third-order valence-electron chi connectivity index (χ3n) is 4.71. The van der Waals surface area contributed by atoms with E-state index < -0.39 is 11.2 Å². The van der Waals surface area contributed by atoms with E-state index in [1.165, 1.54) is 9.47 Å². The van der Waals surface area contributed by atoms with Gasteiger partial charge in [0.2, 0.25) is 5.91 Å². The smallest absolute Gasteiger partial charge is 0.330 e. The van der Waals surface area contributed by atoms with Gasteiger partial charge in [0.1, 0.15) is 5.82 Å². The third kappa shape index (κ3) is 5.79. The first-order chi connectivity index (χ1) is 14.3. The van der Waals surface area contributed by atoms with E-state index in [-0.39, 0.29) is 24.0 Å². The maximum atomic E-state index is 13.1. The van der Waals surface area contributed by atoms with Gasteiger partial charge < -0.3 is 10.6 Å². The highest BCUT2D eigenvalue weighted by Crippen LogP contribution is 2.19. The van der Waals surface area contributed by atoms with Gasteiger partial charge in [0.25, 0.3) is 5.56 Å². The molecule has 0 radical (unpaired) electrons. The van der Waals surface area contributed by atoms with E-state index >= 15 is 0 Å². The second-order valence-electron chi connectivity index (χ2n) is 7.30. The highest BCUT2D eigenvalue weighted by atomic mass is 32.1. The number of nitrogens with one attached hydrogen (secondary N) is 1. The van der Waals surface area contributed by atoms with Gasteiger partial charge in [0.15, 0.2) is 5.69 Å². The molecule has 1 amide bonds. The first kappa shape index (κ1) is 23.8. The van der Waals surface area contributed by atoms with Gasteiger partial charge in [0, 0.05) is 25.0 Å². The molecule has 2 aromatic rings. The van der Waals surface area contributed by atoms with E-state index in [0.29, 0.717) is 32.5 Å². The number of aromatic amines is 1. The van der Waals surface area contributed by atoms with Gasteiger partial charge in [-0.2, -0.15) is 0 Å². The largest absolute Gasteiger partial charge is 0.383 e. The van der Waals surface area contributed by atoms with Crippen LogP contribution in [0.25, 0.3) is 0 Å². The number of nitrogens with two attached hydrogens (primary N) is 1. The molecule has 0 fully saturated rings. The summed E-state index contributed by atoms with van der Waals surface area (Å²) in [6.07, 6.45) is 3.13. The van der Waals surface area contributed by atoms with Gasteiger partial charge in [-0.3, -0.25) is 24.0 Å². The van der Waals surface area contributed by atoms with Crippen LogP contribution in [-0.2, 0) is 24.3 Å². The molecule has 0 aliphatic rings. The van der Waals surface area contributed by atoms with Crippen LogP contribution in [-0.4, -0.2) is 45.5 Å². The summed E-state index contributed by atoms with van der Waals surface area (Å²) in [5.41, 5.74) is 5.96. The number of hydrogen-bond acceptors (Lipinski definition) is 7. The maximum Gasteiger partial charge on any atom is 0.330 e. The summed E-state index contributed by atoms with van der Waals surface area (Å²) in [5.74, 6) is -0.208. The molecule has 0 aliphatic heterocycles. The quantitative estimate of drug-likeness (QED) is 0.555. The van der Waals surface area contributed by atoms with Crippen LogP contribution in [0.2, 0.25) is 0 Å². The van der Waals surface area contributed by atoms with E-state index in [1.807, 2.05) is 31.2 Å². The van der Waals surface area contributed by atoms with Crippen LogP contribution in [0.15, 0.2) is 15.0 Å². The summed E-state index contributed by atoms with van der Waals surface area (Å²) in [5, 5.41) is 3.06. The van der Waals surface area contributed by atoms with Crippen LogP contribution >= 0.6 is 11.3 Å². The normalized spacial score (nSPS) is 11.2. The second-order valence-corrected chi connectivity index (χ2v) is 8.24. The van der Waals surface area contributed by atoms with E-state index in [9.17, 15) is 14.4 Å². The Labute approximate surface area is 180 Å². The van der Waals surface area contributed by atoms with E-state index in [4.69, 9.17) is 5.73 Å². The number of likely N-dealkylation sites (N-methyl/N-ethyl adjacent to an activating group) is 1. The number of nitrogens with zero attached hydrogens (tertiary/aromatic N) is 4. The van der Waals surface area contributed by atoms with Crippen LogP contribution < -0.4 is 21.9 Å². The lowest BCUT2D eigenvalue weighted by atomic mass is 10.2. The van der Waals surface area contributed by atoms with Gasteiger partial charge in [-0.25, -0.2) is 9.78 Å². The molecule has 0 spiro atoms. The summed E-state index contributed by atoms with van der Waals surface area (Å²) >= 11 is 1.61. The standard InChI is InChI=1S/C20H32N6O3S/c1-5-8-10-25(17-18(21)26(9-6-2)20(29)23-19(17)28)16(27)12-24(4)11-14-13-30-15(7-3)22-14/h13H,5-12,21H2,1-4H3,(H,23,28,29). The lowest BCUT2D eigenvalue weighted by Crippen LogP contribution is -2.45. The summed E-state index contributed by atoms with van der Waals surface area (Å²) in [7, 11) is 1.84. The van der Waals surface area contributed by atoms with Crippen molar-refractivity contribution in [3.05, 3.63) is 36.9 Å². The van der Waals surface area contributed by atoms with E-state index in [2.05, 4.69) is 16.9 Å². The minimum Gasteiger partial charge on any atom is -0.383 e. The molecule has 30 heavy (non-hydrogen) atoms. The molecular formula is C20H32N6O3S. The molecule has 0 atom stereocenters. The highest BCUT2D eigenvalue weighted by Gasteiger charge is 2.24. The summed E-state index contributed by atoms with van der Waals surface area (Å²) in [4.78, 5) is 48.0. The fourth-order valence-corrected chi connectivity index (χ4v) is 3.93. The number of nitrogen functional groups attached to an aromatic ring is 1. The molecule has 2 rings (SSSR count). The number of amides is 1. The average molecular weight is 437 g/mol. The zero-order valence-corrected chi connectivity index (χ0v) is 19.0. The number of hydrogen-bond donors (Lipinski definition) is 2. The minimum atomic E-state index is -0.635. The van der Waals surface area contributed by atoms with Crippen LogP contribution in [0.4, 0.5) is 11.5 Å². The molecular weight excluding hydrogens is 404 g/mol. The summed E-state index contributed by atoms with van der Waals surface area (Å²) < 4.78 is 1.31. The number of thiazole rings is 1. The number of rotatable bonds is 11. The molecule has 0 bridgehead atoms. The highest BCUT2D eigenvalue weighted by molar-refractivity contribution is 7.09. The Balaban J connectivity index is 2.28. The van der Waals surface area contributed by atoms with Gasteiger partial charge >= 0.3 is 5.69 Å². The molecule has 10 heteroatoms. The minimum absolute atomic E-state index is 0.0322. The predicted molar refractivity (Wildman–Crippen MR) is 121 cm³/mol. The lowest BCUT2D eigenvalue weighted by Gasteiger charge is -2.26. The molecule has 0 aliphatic carbocycles. The molecule has 0 unspecified atom stereocenters. The van der Waals surface area contributed by atoms with Gasteiger partial charge in [-0.05, 0) is 26.3 Å². The number of aromatic nitrogens is 3. The monoisotopic (exact) mass is 436 g/mol. The van der Waals surface area contributed by atoms with Crippen molar-refractivity contribution in [2.75, 3.05) is 30.8 Å². The van der Waals surface area contributed by atoms with E-state index in [0.717, 1.165) is 23.5 Å². The van der Waals surface area contributed by atoms with Crippen LogP contribution in [0.3, 0.4) is 0 Å². The Morgan fingerprint density at radius 3 is 2.60 bits per heavy atom. The fraction of sp³-hybridized carbons (Fsp3) is 0.600. The predicted octanol–water partition coefficient (Wildman–Crippen LogP) is 1.81. The number of carbonyl (C=O) groups is 1. The molecule has 2 heterocycles. The Morgan fingerprint density at radius 1 is 1.27 bits per heavy atom. The molecule has 2 aromatic heterocycles. The Morgan fingerprint density at radius 2 is 2.00 bits per heavy atom.